The third kappa shape index (κ3) is 3.04. The van der Waals surface area contributed by atoms with Gasteiger partial charge >= 0.3 is 0 Å². The highest BCUT2D eigenvalue weighted by atomic mass is 19.1. The molecule has 2 nitrogen and oxygen atoms in total. The first kappa shape index (κ1) is 14.2. The van der Waals surface area contributed by atoms with E-state index in [-0.39, 0.29) is 12.2 Å². The zero-order valence-electron chi connectivity index (χ0n) is 11.1. The number of aryl methyl sites for hydroxylation is 1. The van der Waals surface area contributed by atoms with Crippen molar-refractivity contribution in [2.45, 2.75) is 13.5 Å². The molecule has 2 aromatic rings. The van der Waals surface area contributed by atoms with Crippen molar-refractivity contribution in [3.8, 4) is 5.75 Å². The van der Waals surface area contributed by atoms with E-state index in [1.165, 1.54) is 0 Å². The van der Waals surface area contributed by atoms with Gasteiger partial charge in [0, 0.05) is 18.7 Å². The molecule has 0 bridgehead atoms. The number of methoxy groups -OCH3 is 1. The van der Waals surface area contributed by atoms with Crippen LogP contribution in [-0.4, -0.2) is 7.11 Å². The first-order chi connectivity index (χ1) is 9.51. The molecule has 0 amide bonds. The molecule has 0 aliphatic heterocycles. The topological polar surface area (TPSA) is 21.3 Å². The van der Waals surface area contributed by atoms with Crippen LogP contribution in [0.2, 0.25) is 0 Å². The second-order valence-electron chi connectivity index (χ2n) is 4.40. The summed E-state index contributed by atoms with van der Waals surface area (Å²) in [5.41, 5.74) is 1.43. The predicted molar refractivity (Wildman–Crippen MR) is 71.4 cm³/mol. The SMILES string of the molecule is COc1ccc(CNc2c(F)cc(F)cc2F)cc1C. The van der Waals surface area contributed by atoms with Crippen molar-refractivity contribution < 1.29 is 17.9 Å². The largest absolute Gasteiger partial charge is 0.496 e. The third-order valence-corrected chi connectivity index (χ3v) is 2.94. The van der Waals surface area contributed by atoms with Crippen LogP contribution >= 0.6 is 0 Å². The molecule has 2 rings (SSSR count). The summed E-state index contributed by atoms with van der Waals surface area (Å²) < 4.78 is 44.8. The van der Waals surface area contributed by atoms with Gasteiger partial charge in [-0.05, 0) is 24.1 Å². The van der Waals surface area contributed by atoms with E-state index >= 15 is 0 Å². The van der Waals surface area contributed by atoms with Gasteiger partial charge in [0.25, 0.3) is 0 Å². The van der Waals surface area contributed by atoms with Crippen LogP contribution in [0.1, 0.15) is 11.1 Å². The van der Waals surface area contributed by atoms with E-state index in [0.717, 1.165) is 16.9 Å². The molecule has 0 fully saturated rings. The monoisotopic (exact) mass is 281 g/mol. The Bertz CT molecular complexity index is 606. The van der Waals surface area contributed by atoms with Gasteiger partial charge in [-0.25, -0.2) is 13.2 Å². The summed E-state index contributed by atoms with van der Waals surface area (Å²) in [6.07, 6.45) is 0. The number of halogens is 3. The molecule has 0 saturated carbocycles. The van der Waals surface area contributed by atoms with Crippen LogP contribution in [0.25, 0.3) is 0 Å². The molecule has 1 N–H and O–H groups in total. The molecule has 0 unspecified atom stereocenters. The van der Waals surface area contributed by atoms with Crippen LogP contribution in [0.3, 0.4) is 0 Å². The van der Waals surface area contributed by atoms with Crippen LogP contribution in [0.4, 0.5) is 18.9 Å². The second-order valence-corrected chi connectivity index (χ2v) is 4.40. The van der Waals surface area contributed by atoms with Crippen molar-refractivity contribution in [1.82, 2.24) is 0 Å². The van der Waals surface area contributed by atoms with E-state index < -0.39 is 17.5 Å². The fourth-order valence-corrected chi connectivity index (χ4v) is 1.95. The summed E-state index contributed by atoms with van der Waals surface area (Å²) in [5, 5.41) is 2.63. The molecule has 0 radical (unpaired) electrons. The molecular formula is C15H14F3NO. The normalized spacial score (nSPS) is 10.4. The second kappa shape index (κ2) is 5.86. The highest BCUT2D eigenvalue weighted by molar-refractivity contribution is 5.47. The maximum absolute atomic E-state index is 13.4. The Hall–Kier alpha value is -2.17. The van der Waals surface area contributed by atoms with Gasteiger partial charge in [0.15, 0.2) is 11.6 Å². The average molecular weight is 281 g/mol. The average Bonchev–Trinajstić information content (AvgIpc) is 2.37. The lowest BCUT2D eigenvalue weighted by molar-refractivity contribution is 0.411. The van der Waals surface area contributed by atoms with Crippen LogP contribution in [0.5, 0.6) is 5.75 Å². The Balaban J connectivity index is 2.15. The number of hydrogen-bond donors (Lipinski definition) is 1. The van der Waals surface area contributed by atoms with Gasteiger partial charge in [-0.3, -0.25) is 0 Å². The maximum Gasteiger partial charge on any atom is 0.152 e. The molecule has 0 aliphatic rings. The Kier molecular flexibility index (Phi) is 4.17. The lowest BCUT2D eigenvalue weighted by Gasteiger charge is -2.11. The Morgan fingerprint density at radius 2 is 1.70 bits per heavy atom. The van der Waals surface area contributed by atoms with Crippen molar-refractivity contribution >= 4 is 5.69 Å². The smallest absolute Gasteiger partial charge is 0.152 e. The maximum atomic E-state index is 13.4. The number of benzene rings is 2. The van der Waals surface area contributed by atoms with Crippen LogP contribution in [0.15, 0.2) is 30.3 Å². The zero-order chi connectivity index (χ0) is 14.7. The fourth-order valence-electron chi connectivity index (χ4n) is 1.95. The first-order valence-electron chi connectivity index (χ1n) is 6.03. The van der Waals surface area contributed by atoms with Crippen molar-refractivity contribution in [1.29, 1.82) is 0 Å². The molecule has 20 heavy (non-hydrogen) atoms. The minimum Gasteiger partial charge on any atom is -0.496 e. The van der Waals surface area contributed by atoms with Gasteiger partial charge in [-0.2, -0.15) is 0 Å². The molecule has 5 heteroatoms. The van der Waals surface area contributed by atoms with Crippen LogP contribution in [-0.2, 0) is 6.54 Å². The van der Waals surface area contributed by atoms with E-state index in [0.29, 0.717) is 12.1 Å². The number of hydrogen-bond acceptors (Lipinski definition) is 2. The van der Waals surface area contributed by atoms with Crippen LogP contribution in [0, 0.1) is 24.4 Å². The number of nitrogens with one attached hydrogen (secondary N) is 1. The summed E-state index contributed by atoms with van der Waals surface area (Å²) in [4.78, 5) is 0. The third-order valence-electron chi connectivity index (χ3n) is 2.94. The van der Waals surface area contributed by atoms with E-state index in [2.05, 4.69) is 5.32 Å². The Morgan fingerprint density at radius 1 is 1.05 bits per heavy atom. The van der Waals surface area contributed by atoms with Gasteiger partial charge in [0.2, 0.25) is 0 Å². The molecule has 2 aromatic carbocycles. The Labute approximate surface area is 115 Å². The number of ether oxygens (including phenoxy) is 1. The van der Waals surface area contributed by atoms with E-state index in [9.17, 15) is 13.2 Å². The lowest BCUT2D eigenvalue weighted by atomic mass is 10.1. The standard InChI is InChI=1S/C15H14F3NO/c1-9-5-10(3-4-14(9)20-2)8-19-15-12(17)6-11(16)7-13(15)18/h3-7,19H,8H2,1-2H3. The molecule has 0 atom stereocenters. The highest BCUT2D eigenvalue weighted by Gasteiger charge is 2.11. The van der Waals surface area contributed by atoms with Crippen molar-refractivity contribution in [2.75, 3.05) is 12.4 Å². The summed E-state index contributed by atoms with van der Waals surface area (Å²) in [7, 11) is 1.57. The molecule has 0 heterocycles. The molecular weight excluding hydrogens is 267 g/mol. The minimum atomic E-state index is -0.951. The summed E-state index contributed by atoms with van der Waals surface area (Å²) >= 11 is 0. The molecule has 0 aromatic heterocycles. The molecule has 0 aliphatic carbocycles. The molecule has 0 spiro atoms. The van der Waals surface area contributed by atoms with E-state index in [1.54, 1.807) is 19.2 Å². The number of rotatable bonds is 4. The quantitative estimate of drug-likeness (QED) is 0.913. The Morgan fingerprint density at radius 3 is 2.25 bits per heavy atom. The van der Waals surface area contributed by atoms with Crippen molar-refractivity contribution in [3.63, 3.8) is 0 Å². The van der Waals surface area contributed by atoms with Gasteiger partial charge in [-0.15, -0.1) is 0 Å². The highest BCUT2D eigenvalue weighted by Crippen LogP contribution is 2.22. The molecule has 106 valence electrons. The predicted octanol–water partition coefficient (Wildman–Crippen LogP) is 4.03. The fraction of sp³-hybridized carbons (Fsp3) is 0.200. The van der Waals surface area contributed by atoms with Crippen molar-refractivity contribution in [3.05, 3.63) is 58.9 Å². The van der Waals surface area contributed by atoms with Crippen LogP contribution < -0.4 is 10.1 Å². The minimum absolute atomic E-state index is 0.226. The summed E-state index contributed by atoms with van der Waals surface area (Å²) in [6, 6.07) is 6.71. The first-order valence-corrected chi connectivity index (χ1v) is 6.03. The molecule has 0 saturated heterocycles. The van der Waals surface area contributed by atoms with E-state index in [1.807, 2.05) is 13.0 Å². The van der Waals surface area contributed by atoms with Gasteiger partial charge < -0.3 is 10.1 Å². The van der Waals surface area contributed by atoms with Crippen molar-refractivity contribution in [2.24, 2.45) is 0 Å². The van der Waals surface area contributed by atoms with Gasteiger partial charge in [-0.1, -0.05) is 12.1 Å². The van der Waals surface area contributed by atoms with Gasteiger partial charge in [0.1, 0.15) is 17.3 Å². The van der Waals surface area contributed by atoms with E-state index in [4.69, 9.17) is 4.74 Å². The van der Waals surface area contributed by atoms with Gasteiger partial charge in [0.05, 0.1) is 7.11 Å². The number of anilines is 1. The lowest BCUT2D eigenvalue weighted by Crippen LogP contribution is -2.05. The summed E-state index contributed by atoms with van der Waals surface area (Å²) in [5.74, 6) is -2.10. The zero-order valence-corrected chi connectivity index (χ0v) is 11.1. The summed E-state index contributed by atoms with van der Waals surface area (Å²) in [6.45, 7) is 2.10.